The summed E-state index contributed by atoms with van der Waals surface area (Å²) < 4.78 is 6.41. The van der Waals surface area contributed by atoms with E-state index in [1.807, 2.05) is 0 Å². The van der Waals surface area contributed by atoms with Crippen LogP contribution < -0.4 is 15.6 Å². The van der Waals surface area contributed by atoms with Crippen LogP contribution in [0.15, 0.2) is 51.7 Å². The van der Waals surface area contributed by atoms with Gasteiger partial charge in [0, 0.05) is 15.5 Å². The molecule has 0 bridgehead atoms. The first-order valence-corrected chi connectivity index (χ1v) is 10.4. The number of rotatable bonds is 8. The molecular formula is C22H23BrN2O4. The number of amides is 1. The molecule has 0 radical (unpaired) electrons. The van der Waals surface area contributed by atoms with Crippen molar-refractivity contribution in [3.05, 3.63) is 62.9 Å². The second-order valence-corrected chi connectivity index (χ2v) is 7.67. The van der Waals surface area contributed by atoms with Gasteiger partial charge in [0.05, 0.1) is 12.1 Å². The molecule has 3 rings (SSSR count). The van der Waals surface area contributed by atoms with Gasteiger partial charge in [-0.15, -0.1) is 0 Å². The first-order valence-electron chi connectivity index (χ1n) is 9.58. The molecule has 0 spiro atoms. The van der Waals surface area contributed by atoms with Crippen LogP contribution in [-0.4, -0.2) is 22.6 Å². The standard InChI is InChI=1S/C22H23BrN2O4/c1-2-3-4-5-12-29-16-9-7-15(8-10-16)24-21(27)19-20(26)17-13-14(23)6-11-18(17)25-22(19)28/h6-11,13H,2-5,12H2,1H3,(H,24,27)(H2,25,26,28). The van der Waals surface area contributed by atoms with Crippen LogP contribution in [0.4, 0.5) is 5.69 Å². The van der Waals surface area contributed by atoms with Crippen LogP contribution in [-0.2, 0) is 0 Å². The number of unbranched alkanes of at least 4 members (excludes halogenated alkanes) is 3. The summed E-state index contributed by atoms with van der Waals surface area (Å²) in [4.78, 5) is 27.5. The van der Waals surface area contributed by atoms with Gasteiger partial charge in [0.1, 0.15) is 17.1 Å². The van der Waals surface area contributed by atoms with Gasteiger partial charge in [-0.25, -0.2) is 0 Å². The van der Waals surface area contributed by atoms with Crippen molar-refractivity contribution in [3.8, 4) is 11.5 Å². The van der Waals surface area contributed by atoms with Crippen LogP contribution in [0, 0.1) is 0 Å². The second-order valence-electron chi connectivity index (χ2n) is 6.76. The monoisotopic (exact) mass is 458 g/mol. The number of hydrogen-bond acceptors (Lipinski definition) is 4. The lowest BCUT2D eigenvalue weighted by molar-refractivity contribution is 0.102. The van der Waals surface area contributed by atoms with E-state index in [2.05, 4.69) is 33.2 Å². The predicted molar refractivity (Wildman–Crippen MR) is 118 cm³/mol. The number of carbonyl (C=O) groups excluding carboxylic acids is 1. The highest BCUT2D eigenvalue weighted by atomic mass is 79.9. The fourth-order valence-electron chi connectivity index (χ4n) is 3.01. The lowest BCUT2D eigenvalue weighted by Crippen LogP contribution is -2.23. The van der Waals surface area contributed by atoms with Crippen molar-refractivity contribution in [2.75, 3.05) is 11.9 Å². The summed E-state index contributed by atoms with van der Waals surface area (Å²) >= 11 is 3.32. The SMILES string of the molecule is CCCCCCOc1ccc(NC(=O)c2c(O)c3cc(Br)ccc3[nH]c2=O)cc1. The molecule has 3 aromatic rings. The molecule has 1 amide bonds. The molecule has 29 heavy (non-hydrogen) atoms. The average Bonchev–Trinajstić information content (AvgIpc) is 2.70. The van der Waals surface area contributed by atoms with Crippen molar-refractivity contribution in [3.63, 3.8) is 0 Å². The number of aromatic hydroxyl groups is 1. The van der Waals surface area contributed by atoms with Crippen molar-refractivity contribution in [2.45, 2.75) is 32.6 Å². The van der Waals surface area contributed by atoms with Gasteiger partial charge in [0.25, 0.3) is 11.5 Å². The third-order valence-corrected chi connectivity index (χ3v) is 5.05. The van der Waals surface area contributed by atoms with Crippen molar-refractivity contribution in [1.29, 1.82) is 0 Å². The Morgan fingerprint density at radius 3 is 2.62 bits per heavy atom. The van der Waals surface area contributed by atoms with E-state index in [1.54, 1.807) is 42.5 Å². The fraction of sp³-hybridized carbons (Fsp3) is 0.273. The number of hydrogen-bond donors (Lipinski definition) is 3. The Kier molecular flexibility index (Phi) is 6.93. The Labute approximate surface area is 177 Å². The molecule has 7 heteroatoms. The quantitative estimate of drug-likeness (QED) is 0.404. The number of halogens is 1. The molecule has 0 aliphatic carbocycles. The number of anilines is 1. The van der Waals surface area contributed by atoms with Gasteiger partial charge in [-0.05, 0) is 48.9 Å². The number of benzene rings is 2. The molecule has 0 unspecified atom stereocenters. The number of pyridine rings is 1. The van der Waals surface area contributed by atoms with Gasteiger partial charge < -0.3 is 20.1 Å². The summed E-state index contributed by atoms with van der Waals surface area (Å²) in [5.41, 5.74) is -0.0251. The summed E-state index contributed by atoms with van der Waals surface area (Å²) in [5, 5.41) is 13.5. The van der Waals surface area contributed by atoms with Crippen molar-refractivity contribution < 1.29 is 14.6 Å². The number of aromatic amines is 1. The zero-order valence-corrected chi connectivity index (χ0v) is 17.7. The minimum absolute atomic E-state index is 0.327. The highest BCUT2D eigenvalue weighted by Crippen LogP contribution is 2.28. The second kappa shape index (κ2) is 9.60. The van der Waals surface area contributed by atoms with Gasteiger partial charge in [0.2, 0.25) is 0 Å². The van der Waals surface area contributed by atoms with E-state index in [4.69, 9.17) is 4.74 Å². The van der Waals surface area contributed by atoms with Gasteiger partial charge in [0.15, 0.2) is 0 Å². The summed E-state index contributed by atoms with van der Waals surface area (Å²) in [6.45, 7) is 2.82. The summed E-state index contributed by atoms with van der Waals surface area (Å²) in [7, 11) is 0. The lowest BCUT2D eigenvalue weighted by Gasteiger charge is -2.10. The molecule has 1 aromatic heterocycles. The molecule has 0 aliphatic rings. The zero-order chi connectivity index (χ0) is 20.8. The van der Waals surface area contributed by atoms with E-state index in [9.17, 15) is 14.7 Å². The Balaban J connectivity index is 1.71. The Morgan fingerprint density at radius 1 is 1.14 bits per heavy atom. The Hall–Kier alpha value is -2.80. The number of aromatic nitrogens is 1. The molecule has 0 fully saturated rings. The molecule has 0 aliphatic heterocycles. The number of nitrogens with one attached hydrogen (secondary N) is 2. The first kappa shape index (κ1) is 20.9. The smallest absolute Gasteiger partial charge is 0.265 e. The summed E-state index contributed by atoms with van der Waals surface area (Å²) in [5.74, 6) is -0.316. The molecule has 0 saturated carbocycles. The van der Waals surface area contributed by atoms with Crippen LogP contribution in [0.2, 0.25) is 0 Å². The van der Waals surface area contributed by atoms with Crippen molar-refractivity contribution in [1.82, 2.24) is 4.98 Å². The predicted octanol–water partition coefficient (Wildman–Crippen LogP) is 5.21. The fourth-order valence-corrected chi connectivity index (χ4v) is 3.37. The van der Waals surface area contributed by atoms with Crippen LogP contribution >= 0.6 is 15.9 Å². The van der Waals surface area contributed by atoms with E-state index >= 15 is 0 Å². The topological polar surface area (TPSA) is 91.4 Å². The lowest BCUT2D eigenvalue weighted by atomic mass is 10.1. The van der Waals surface area contributed by atoms with E-state index in [0.29, 0.717) is 23.2 Å². The van der Waals surface area contributed by atoms with E-state index < -0.39 is 11.5 Å². The number of carbonyl (C=O) groups is 1. The molecule has 1 heterocycles. The molecule has 3 N–H and O–H groups in total. The summed E-state index contributed by atoms with van der Waals surface area (Å²) in [6.07, 6.45) is 4.53. The Bertz CT molecular complexity index is 1060. The maximum absolute atomic E-state index is 12.6. The number of ether oxygens (including phenoxy) is 1. The molecule has 0 atom stereocenters. The van der Waals surface area contributed by atoms with E-state index in [0.717, 1.165) is 23.1 Å². The largest absolute Gasteiger partial charge is 0.506 e. The number of fused-ring (bicyclic) bond motifs is 1. The summed E-state index contributed by atoms with van der Waals surface area (Å²) in [6, 6.07) is 12.0. The molecular weight excluding hydrogens is 436 g/mol. The number of H-pyrrole nitrogens is 1. The molecule has 0 saturated heterocycles. The van der Waals surface area contributed by atoms with Crippen molar-refractivity contribution in [2.24, 2.45) is 0 Å². The van der Waals surface area contributed by atoms with Crippen molar-refractivity contribution >= 4 is 38.4 Å². The molecule has 2 aromatic carbocycles. The minimum atomic E-state index is -0.682. The molecule has 152 valence electrons. The van der Waals surface area contributed by atoms with Crippen LogP contribution in [0.25, 0.3) is 10.9 Å². The highest BCUT2D eigenvalue weighted by Gasteiger charge is 2.19. The average molecular weight is 459 g/mol. The van der Waals surface area contributed by atoms with Gasteiger partial charge in [-0.2, -0.15) is 0 Å². The van der Waals surface area contributed by atoms with Gasteiger partial charge in [-0.3, -0.25) is 9.59 Å². The zero-order valence-electron chi connectivity index (χ0n) is 16.1. The van der Waals surface area contributed by atoms with E-state index in [1.165, 1.54) is 12.8 Å². The van der Waals surface area contributed by atoms with Gasteiger partial charge in [-0.1, -0.05) is 42.1 Å². The van der Waals surface area contributed by atoms with Crippen LogP contribution in [0.5, 0.6) is 11.5 Å². The van der Waals surface area contributed by atoms with Gasteiger partial charge >= 0.3 is 0 Å². The van der Waals surface area contributed by atoms with E-state index in [-0.39, 0.29) is 11.3 Å². The third kappa shape index (κ3) is 5.17. The first-order chi connectivity index (χ1) is 14.0. The maximum atomic E-state index is 12.6. The normalized spacial score (nSPS) is 10.8. The maximum Gasteiger partial charge on any atom is 0.265 e. The van der Waals surface area contributed by atoms with Crippen LogP contribution in [0.1, 0.15) is 43.0 Å². The minimum Gasteiger partial charge on any atom is -0.506 e. The third-order valence-electron chi connectivity index (χ3n) is 4.55. The molecule has 6 nitrogen and oxygen atoms in total. The van der Waals surface area contributed by atoms with Crippen LogP contribution in [0.3, 0.4) is 0 Å². The Morgan fingerprint density at radius 2 is 1.90 bits per heavy atom. The highest BCUT2D eigenvalue weighted by molar-refractivity contribution is 9.10.